The second-order valence-electron chi connectivity index (χ2n) is 5.96. The fourth-order valence-electron chi connectivity index (χ4n) is 2.54. The van der Waals surface area contributed by atoms with Gasteiger partial charge in [0.2, 0.25) is 5.95 Å². The van der Waals surface area contributed by atoms with Gasteiger partial charge in [0.1, 0.15) is 5.75 Å². The molecule has 2 N–H and O–H groups in total. The monoisotopic (exact) mass is 384 g/mol. The SMILES string of the molecule is COc1ccc(S(=O)(=O)Nc2cccc(Nc3nc(C)cc(C)n3)c2)cc1. The number of anilines is 3. The molecule has 0 radical (unpaired) electrons. The minimum atomic E-state index is -3.71. The van der Waals surface area contributed by atoms with E-state index in [0.29, 0.717) is 23.1 Å². The molecule has 7 nitrogen and oxygen atoms in total. The molecule has 3 aromatic rings. The Labute approximate surface area is 158 Å². The normalized spacial score (nSPS) is 11.1. The van der Waals surface area contributed by atoms with Crippen LogP contribution in [0.3, 0.4) is 0 Å². The zero-order valence-corrected chi connectivity index (χ0v) is 16.0. The van der Waals surface area contributed by atoms with Gasteiger partial charge in [0.25, 0.3) is 10.0 Å². The molecule has 0 saturated carbocycles. The summed E-state index contributed by atoms with van der Waals surface area (Å²) < 4.78 is 32.8. The van der Waals surface area contributed by atoms with E-state index < -0.39 is 10.0 Å². The van der Waals surface area contributed by atoms with Gasteiger partial charge in [-0.05, 0) is 62.4 Å². The van der Waals surface area contributed by atoms with Gasteiger partial charge in [-0.2, -0.15) is 0 Å². The first-order valence-electron chi connectivity index (χ1n) is 8.22. The molecule has 1 heterocycles. The van der Waals surface area contributed by atoms with Crippen molar-refractivity contribution in [2.24, 2.45) is 0 Å². The van der Waals surface area contributed by atoms with E-state index in [1.54, 1.807) is 30.3 Å². The molecule has 0 aliphatic carbocycles. The average molecular weight is 384 g/mol. The maximum Gasteiger partial charge on any atom is 0.261 e. The van der Waals surface area contributed by atoms with Gasteiger partial charge >= 0.3 is 0 Å². The number of sulfonamides is 1. The smallest absolute Gasteiger partial charge is 0.261 e. The van der Waals surface area contributed by atoms with Crippen LogP contribution in [0, 0.1) is 13.8 Å². The molecule has 0 bridgehead atoms. The number of hydrogen-bond acceptors (Lipinski definition) is 6. The van der Waals surface area contributed by atoms with Crippen LogP contribution in [0.15, 0.2) is 59.5 Å². The van der Waals surface area contributed by atoms with Crippen molar-refractivity contribution in [3.05, 3.63) is 66.0 Å². The van der Waals surface area contributed by atoms with E-state index in [4.69, 9.17) is 4.74 Å². The van der Waals surface area contributed by atoms with Crippen molar-refractivity contribution >= 4 is 27.3 Å². The topological polar surface area (TPSA) is 93.2 Å². The lowest BCUT2D eigenvalue weighted by molar-refractivity contribution is 0.414. The van der Waals surface area contributed by atoms with E-state index in [1.807, 2.05) is 26.0 Å². The Morgan fingerprint density at radius 2 is 1.52 bits per heavy atom. The lowest BCUT2D eigenvalue weighted by atomic mass is 10.3. The van der Waals surface area contributed by atoms with Crippen LogP contribution in [-0.2, 0) is 10.0 Å². The van der Waals surface area contributed by atoms with Gasteiger partial charge < -0.3 is 10.1 Å². The summed E-state index contributed by atoms with van der Waals surface area (Å²) in [5, 5.41) is 3.09. The zero-order valence-electron chi connectivity index (χ0n) is 15.2. The molecule has 0 fully saturated rings. The number of benzene rings is 2. The molecule has 27 heavy (non-hydrogen) atoms. The van der Waals surface area contributed by atoms with Gasteiger partial charge in [0.15, 0.2) is 0 Å². The van der Waals surface area contributed by atoms with Gasteiger partial charge in [-0.15, -0.1) is 0 Å². The zero-order chi connectivity index (χ0) is 19.4. The molecule has 2 aromatic carbocycles. The van der Waals surface area contributed by atoms with Crippen LogP contribution in [0.1, 0.15) is 11.4 Å². The third-order valence-electron chi connectivity index (χ3n) is 3.72. The first-order valence-corrected chi connectivity index (χ1v) is 9.70. The summed E-state index contributed by atoms with van der Waals surface area (Å²) in [4.78, 5) is 8.80. The fraction of sp³-hybridized carbons (Fsp3) is 0.158. The van der Waals surface area contributed by atoms with Gasteiger partial charge in [-0.25, -0.2) is 18.4 Å². The Bertz CT molecular complexity index is 1030. The molecule has 8 heteroatoms. The molecular weight excluding hydrogens is 364 g/mol. The Balaban J connectivity index is 1.80. The highest BCUT2D eigenvalue weighted by Crippen LogP contribution is 2.22. The molecule has 0 atom stereocenters. The van der Waals surface area contributed by atoms with Crippen molar-refractivity contribution in [1.82, 2.24) is 9.97 Å². The van der Waals surface area contributed by atoms with Crippen molar-refractivity contribution in [1.29, 1.82) is 0 Å². The molecule has 3 rings (SSSR count). The summed E-state index contributed by atoms with van der Waals surface area (Å²) in [5.74, 6) is 1.05. The second-order valence-corrected chi connectivity index (χ2v) is 7.64. The van der Waals surface area contributed by atoms with Crippen LogP contribution in [0.5, 0.6) is 5.75 Å². The van der Waals surface area contributed by atoms with E-state index in [2.05, 4.69) is 20.0 Å². The number of rotatable bonds is 6. The molecular formula is C19H20N4O3S. The van der Waals surface area contributed by atoms with Gasteiger partial charge in [-0.3, -0.25) is 4.72 Å². The molecule has 1 aromatic heterocycles. The number of methoxy groups -OCH3 is 1. The van der Waals surface area contributed by atoms with Gasteiger partial charge in [0.05, 0.1) is 17.7 Å². The van der Waals surface area contributed by atoms with Crippen molar-refractivity contribution in [2.75, 3.05) is 17.1 Å². The van der Waals surface area contributed by atoms with E-state index >= 15 is 0 Å². The summed E-state index contributed by atoms with van der Waals surface area (Å²) in [6.45, 7) is 3.78. The summed E-state index contributed by atoms with van der Waals surface area (Å²) >= 11 is 0. The van der Waals surface area contributed by atoms with E-state index in [9.17, 15) is 8.42 Å². The maximum atomic E-state index is 12.6. The summed E-state index contributed by atoms with van der Waals surface area (Å²) in [6, 6.07) is 15.0. The second kappa shape index (κ2) is 7.63. The molecule has 140 valence electrons. The Hall–Kier alpha value is -3.13. The highest BCUT2D eigenvalue weighted by molar-refractivity contribution is 7.92. The summed E-state index contributed by atoms with van der Waals surface area (Å²) in [7, 11) is -2.18. The van der Waals surface area contributed by atoms with Crippen LogP contribution in [0.25, 0.3) is 0 Å². The maximum absolute atomic E-state index is 12.6. The predicted octanol–water partition coefficient (Wildman–Crippen LogP) is 3.65. The minimum absolute atomic E-state index is 0.152. The first-order chi connectivity index (χ1) is 12.9. The molecule has 0 saturated heterocycles. The molecule has 0 spiro atoms. The van der Waals surface area contributed by atoms with Crippen LogP contribution in [-0.4, -0.2) is 25.5 Å². The van der Waals surface area contributed by atoms with Crippen molar-refractivity contribution in [2.45, 2.75) is 18.7 Å². The number of hydrogen-bond donors (Lipinski definition) is 2. The minimum Gasteiger partial charge on any atom is -0.497 e. The number of nitrogens with one attached hydrogen (secondary N) is 2. The first kappa shape index (κ1) is 18.7. The van der Waals surface area contributed by atoms with E-state index in [1.165, 1.54) is 19.2 Å². The Kier molecular flexibility index (Phi) is 5.27. The number of aromatic nitrogens is 2. The lowest BCUT2D eigenvalue weighted by Gasteiger charge is -2.11. The quantitative estimate of drug-likeness (QED) is 0.674. The molecule has 0 aliphatic heterocycles. The molecule has 0 unspecified atom stereocenters. The number of aryl methyl sites for hydroxylation is 2. The third-order valence-corrected chi connectivity index (χ3v) is 5.12. The molecule has 0 amide bonds. The van der Waals surface area contributed by atoms with Gasteiger partial charge in [-0.1, -0.05) is 6.07 Å². The van der Waals surface area contributed by atoms with E-state index in [-0.39, 0.29) is 4.90 Å². The van der Waals surface area contributed by atoms with Gasteiger partial charge in [0, 0.05) is 17.1 Å². The third kappa shape index (κ3) is 4.73. The predicted molar refractivity (Wildman–Crippen MR) is 105 cm³/mol. The fourth-order valence-corrected chi connectivity index (χ4v) is 3.59. The van der Waals surface area contributed by atoms with E-state index in [0.717, 1.165) is 11.4 Å². The van der Waals surface area contributed by atoms with Crippen LogP contribution < -0.4 is 14.8 Å². The molecule has 0 aliphatic rings. The summed E-state index contributed by atoms with van der Waals surface area (Å²) in [5.41, 5.74) is 2.80. The Morgan fingerprint density at radius 3 is 2.15 bits per heavy atom. The van der Waals surface area contributed by atoms with Crippen LogP contribution in [0.2, 0.25) is 0 Å². The highest BCUT2D eigenvalue weighted by Gasteiger charge is 2.14. The van der Waals surface area contributed by atoms with Crippen molar-refractivity contribution in [3.8, 4) is 5.75 Å². The average Bonchev–Trinajstić information content (AvgIpc) is 2.61. The van der Waals surface area contributed by atoms with Crippen LogP contribution >= 0.6 is 0 Å². The lowest BCUT2D eigenvalue weighted by Crippen LogP contribution is -2.13. The summed E-state index contributed by atoms with van der Waals surface area (Å²) in [6.07, 6.45) is 0. The Morgan fingerprint density at radius 1 is 0.889 bits per heavy atom. The van der Waals surface area contributed by atoms with Crippen molar-refractivity contribution in [3.63, 3.8) is 0 Å². The van der Waals surface area contributed by atoms with Crippen molar-refractivity contribution < 1.29 is 13.2 Å². The van der Waals surface area contributed by atoms with Crippen LogP contribution in [0.4, 0.5) is 17.3 Å². The highest BCUT2D eigenvalue weighted by atomic mass is 32.2. The standard InChI is InChI=1S/C19H20N4O3S/c1-13-11-14(2)21-19(20-13)22-15-5-4-6-16(12-15)23-27(24,25)18-9-7-17(26-3)8-10-18/h4-12,23H,1-3H3,(H,20,21,22). The number of nitrogens with zero attached hydrogens (tertiary/aromatic N) is 2. The largest absolute Gasteiger partial charge is 0.497 e. The number of ether oxygens (including phenoxy) is 1.